The second-order valence-corrected chi connectivity index (χ2v) is 6.78. The van der Waals surface area contributed by atoms with Gasteiger partial charge in [-0.2, -0.15) is 9.78 Å². The van der Waals surface area contributed by atoms with E-state index < -0.39 is 11.9 Å². The van der Waals surface area contributed by atoms with Gasteiger partial charge in [0.15, 0.2) is 5.69 Å². The predicted molar refractivity (Wildman–Crippen MR) is 103 cm³/mol. The van der Waals surface area contributed by atoms with Crippen molar-refractivity contribution in [3.63, 3.8) is 0 Å². The van der Waals surface area contributed by atoms with Crippen LogP contribution in [0.2, 0.25) is 0 Å². The first-order valence-corrected chi connectivity index (χ1v) is 9.19. The summed E-state index contributed by atoms with van der Waals surface area (Å²) in [5, 5.41) is 11.8. The van der Waals surface area contributed by atoms with Crippen molar-refractivity contribution in [3.05, 3.63) is 56.4 Å². The summed E-state index contributed by atoms with van der Waals surface area (Å²) in [4.78, 5) is 36.7. The van der Waals surface area contributed by atoms with Crippen molar-refractivity contribution in [1.82, 2.24) is 29.3 Å². The highest BCUT2D eigenvalue weighted by Gasteiger charge is 2.27. The van der Waals surface area contributed by atoms with Crippen LogP contribution in [0.1, 0.15) is 26.8 Å². The largest absolute Gasteiger partial charge is 0.464 e. The molecule has 11 nitrogen and oxygen atoms in total. The number of methoxy groups -OCH3 is 2. The van der Waals surface area contributed by atoms with Crippen molar-refractivity contribution in [2.45, 2.75) is 20.0 Å². The monoisotopic (exact) mass is 464 g/mol. The van der Waals surface area contributed by atoms with Crippen LogP contribution in [-0.4, -0.2) is 55.5 Å². The molecule has 2 heterocycles. The van der Waals surface area contributed by atoms with Gasteiger partial charge in [0.1, 0.15) is 5.82 Å². The number of carbonyl (C=O) groups is 2. The zero-order valence-electron chi connectivity index (χ0n) is 15.8. The highest BCUT2D eigenvalue weighted by molar-refractivity contribution is 9.10. The lowest BCUT2D eigenvalue weighted by Gasteiger charge is -2.07. The first-order chi connectivity index (χ1) is 13.9. The van der Waals surface area contributed by atoms with Crippen LogP contribution in [0, 0.1) is 6.92 Å². The third-order valence-electron chi connectivity index (χ3n) is 4.15. The van der Waals surface area contributed by atoms with E-state index in [-0.39, 0.29) is 30.2 Å². The van der Waals surface area contributed by atoms with Crippen molar-refractivity contribution in [3.8, 4) is 5.69 Å². The van der Waals surface area contributed by atoms with Crippen LogP contribution >= 0.6 is 15.9 Å². The molecular formula is C17H17BrN6O5. The van der Waals surface area contributed by atoms with E-state index in [1.165, 1.54) is 28.2 Å². The van der Waals surface area contributed by atoms with Crippen LogP contribution in [0.15, 0.2) is 33.5 Å². The van der Waals surface area contributed by atoms with E-state index >= 15 is 0 Å². The molecule has 0 aliphatic rings. The minimum atomic E-state index is -0.812. The van der Waals surface area contributed by atoms with E-state index in [4.69, 9.17) is 4.74 Å². The SMILES string of the molecule is COC(=O)c1nnn(CCn2c(C)nn(-c3ccc(Br)cc3)c2=O)c1C(=O)OC. The van der Waals surface area contributed by atoms with Crippen molar-refractivity contribution >= 4 is 27.9 Å². The van der Waals surface area contributed by atoms with Crippen molar-refractivity contribution in [2.24, 2.45) is 0 Å². The van der Waals surface area contributed by atoms with Gasteiger partial charge >= 0.3 is 17.6 Å². The molecule has 0 radical (unpaired) electrons. The predicted octanol–water partition coefficient (Wildman–Crippen LogP) is 0.970. The lowest BCUT2D eigenvalue weighted by atomic mass is 10.3. The molecule has 1 aromatic carbocycles. The number of carbonyl (C=O) groups excluding carboxylic acids is 2. The third kappa shape index (κ3) is 3.97. The Kier molecular flexibility index (Phi) is 5.92. The average Bonchev–Trinajstić information content (AvgIpc) is 3.27. The van der Waals surface area contributed by atoms with Gasteiger partial charge in [-0.25, -0.2) is 19.1 Å². The zero-order valence-corrected chi connectivity index (χ0v) is 17.4. The van der Waals surface area contributed by atoms with Crippen LogP contribution in [0.3, 0.4) is 0 Å². The number of hydrogen-bond donors (Lipinski definition) is 0. The molecule has 0 spiro atoms. The highest BCUT2D eigenvalue weighted by Crippen LogP contribution is 2.13. The standard InChI is InChI=1S/C17H17BrN6O5/c1-10-20-24(12-6-4-11(18)5-7-12)17(27)22(10)8-9-23-14(16(26)29-3)13(19-21-23)15(25)28-2/h4-7H,8-9H2,1-3H3. The number of aromatic nitrogens is 6. The maximum Gasteiger partial charge on any atom is 0.361 e. The first kappa shape index (κ1) is 20.5. The molecule has 0 saturated heterocycles. The van der Waals surface area contributed by atoms with E-state index in [0.717, 1.165) is 4.47 Å². The van der Waals surface area contributed by atoms with Gasteiger partial charge in [0.2, 0.25) is 5.69 Å². The Bertz CT molecular complexity index is 1110. The Balaban J connectivity index is 1.90. The zero-order chi connectivity index (χ0) is 21.1. The number of esters is 2. The Morgan fingerprint density at radius 2 is 1.72 bits per heavy atom. The molecule has 0 atom stereocenters. The maximum absolute atomic E-state index is 12.8. The second-order valence-electron chi connectivity index (χ2n) is 5.86. The van der Waals surface area contributed by atoms with Crippen LogP contribution in [0.5, 0.6) is 0 Å². The number of nitrogens with zero attached hydrogens (tertiary/aromatic N) is 6. The van der Waals surface area contributed by atoms with Crippen molar-refractivity contribution in [2.75, 3.05) is 14.2 Å². The van der Waals surface area contributed by atoms with Gasteiger partial charge in [0.25, 0.3) is 0 Å². The van der Waals surface area contributed by atoms with E-state index in [9.17, 15) is 14.4 Å². The molecule has 0 aliphatic carbocycles. The molecule has 0 unspecified atom stereocenters. The molecule has 0 saturated carbocycles. The van der Waals surface area contributed by atoms with E-state index in [2.05, 4.69) is 36.1 Å². The topological polar surface area (TPSA) is 123 Å². The molecule has 3 aromatic rings. The third-order valence-corrected chi connectivity index (χ3v) is 4.68. The average molecular weight is 465 g/mol. The van der Waals surface area contributed by atoms with Crippen LogP contribution in [0.25, 0.3) is 5.69 Å². The lowest BCUT2D eigenvalue weighted by molar-refractivity contribution is 0.0543. The van der Waals surface area contributed by atoms with Gasteiger partial charge in [0.05, 0.1) is 26.5 Å². The molecule has 0 bridgehead atoms. The molecular weight excluding hydrogens is 448 g/mol. The Morgan fingerprint density at radius 1 is 1.07 bits per heavy atom. The fourth-order valence-electron chi connectivity index (χ4n) is 2.70. The van der Waals surface area contributed by atoms with E-state index in [1.807, 2.05) is 12.1 Å². The number of benzene rings is 1. The van der Waals surface area contributed by atoms with Crippen LogP contribution in [0.4, 0.5) is 0 Å². The molecule has 12 heteroatoms. The summed E-state index contributed by atoms with van der Waals surface area (Å²) in [5.41, 5.74) is -0.138. The molecule has 152 valence electrons. The van der Waals surface area contributed by atoms with Gasteiger partial charge in [-0.15, -0.1) is 5.10 Å². The summed E-state index contributed by atoms with van der Waals surface area (Å²) in [6.07, 6.45) is 0. The second kappa shape index (κ2) is 8.39. The molecule has 0 N–H and O–H groups in total. The lowest BCUT2D eigenvalue weighted by Crippen LogP contribution is -2.27. The molecule has 0 amide bonds. The minimum Gasteiger partial charge on any atom is -0.464 e. The van der Waals surface area contributed by atoms with Crippen LogP contribution in [-0.2, 0) is 22.6 Å². The summed E-state index contributed by atoms with van der Waals surface area (Å²) in [7, 11) is 2.35. The summed E-state index contributed by atoms with van der Waals surface area (Å²) < 4.78 is 14.1. The van der Waals surface area contributed by atoms with Crippen molar-refractivity contribution < 1.29 is 19.1 Å². The Labute approximate surface area is 173 Å². The van der Waals surface area contributed by atoms with Gasteiger partial charge in [-0.1, -0.05) is 21.1 Å². The number of rotatable bonds is 6. The number of hydrogen-bond acceptors (Lipinski definition) is 8. The Morgan fingerprint density at radius 3 is 2.34 bits per heavy atom. The quantitative estimate of drug-likeness (QED) is 0.494. The molecule has 0 fully saturated rings. The minimum absolute atomic E-state index is 0.0845. The summed E-state index contributed by atoms with van der Waals surface area (Å²) in [5.74, 6) is -1.12. The normalized spacial score (nSPS) is 10.8. The summed E-state index contributed by atoms with van der Waals surface area (Å²) in [6.45, 7) is 1.93. The number of halogens is 1. The van der Waals surface area contributed by atoms with E-state index in [0.29, 0.717) is 11.5 Å². The molecule has 0 aliphatic heterocycles. The van der Waals surface area contributed by atoms with Crippen molar-refractivity contribution in [1.29, 1.82) is 0 Å². The van der Waals surface area contributed by atoms with Gasteiger partial charge in [0, 0.05) is 11.0 Å². The number of aryl methyl sites for hydroxylation is 2. The van der Waals surface area contributed by atoms with Crippen LogP contribution < -0.4 is 5.69 Å². The molecule has 2 aromatic heterocycles. The highest BCUT2D eigenvalue weighted by atomic mass is 79.9. The smallest absolute Gasteiger partial charge is 0.361 e. The van der Waals surface area contributed by atoms with Gasteiger partial charge < -0.3 is 9.47 Å². The fraction of sp³-hybridized carbons (Fsp3) is 0.294. The summed E-state index contributed by atoms with van der Waals surface area (Å²) >= 11 is 3.35. The maximum atomic E-state index is 12.8. The van der Waals surface area contributed by atoms with Gasteiger partial charge in [-0.3, -0.25) is 4.57 Å². The summed E-state index contributed by atoms with van der Waals surface area (Å²) in [6, 6.07) is 7.14. The molecule has 3 rings (SSSR count). The fourth-order valence-corrected chi connectivity index (χ4v) is 2.96. The number of ether oxygens (including phenoxy) is 2. The molecule has 29 heavy (non-hydrogen) atoms. The first-order valence-electron chi connectivity index (χ1n) is 8.40. The van der Waals surface area contributed by atoms with E-state index in [1.54, 1.807) is 19.1 Å². The Hall–Kier alpha value is -3.28. The van der Waals surface area contributed by atoms with Gasteiger partial charge in [-0.05, 0) is 31.2 Å².